The van der Waals surface area contributed by atoms with Gasteiger partial charge in [-0.15, -0.1) is 0 Å². The van der Waals surface area contributed by atoms with E-state index >= 15 is 0 Å². The van der Waals surface area contributed by atoms with Crippen molar-refractivity contribution in [2.75, 3.05) is 0 Å². The molecule has 3 radical (unpaired) electrons. The first-order valence-corrected chi connectivity index (χ1v) is 36.1. The molecule has 0 saturated carbocycles. The minimum Gasteiger partial charge on any atom is -0.513 e. The van der Waals surface area contributed by atoms with Crippen LogP contribution in [-0.2, 0) is 76.5 Å². The number of aliphatic hydroxyl groups excluding tert-OH is 3. The topological polar surface area (TPSA) is 424 Å². The summed E-state index contributed by atoms with van der Waals surface area (Å²) >= 11 is 0. The second kappa shape index (κ2) is 57.0. The standard InChI is InChI=1S/C39H68O10.C34H56O15.B2F/c1-10-11-18-28(6)38(49-37(45)23-32(31(9)41)21-30(8)40)34(48-36(44)24-33(39(46)47)22-35(42)43)20-27(5)17-15-13-12-14-16-26(4)19-29(7)25(2)3;1-5-6-12-21(3)32(49-31(43)18-24(34(46)47)16-29(40)41)27(48-30(42)17-23(33(44)45)15-28(38)39)14-20(2)11-9-7-8-10-13-25(36)19-26(37)22(4)35;1-2-3/h25-29,32-34,38,41H,9-24H2,1-8H3,(H,42,43)(H,46,47);20-21,23-27,32,36-37H,5-19H2,1-4H3,(H,38,39)(H,40,41)(H,44,45)(H,46,47);/t26-,27+,28-,29+,32-,33-,34+,38-;20-,21+,23+,24+,25+,26-,27-,32+;/m10./s1. The Morgan fingerprint density at radius 1 is 0.406 bits per heavy atom. The van der Waals surface area contributed by atoms with Crippen molar-refractivity contribution in [1.29, 1.82) is 0 Å². The van der Waals surface area contributed by atoms with Gasteiger partial charge in [0, 0.05) is 18.8 Å². The van der Waals surface area contributed by atoms with E-state index in [1.165, 1.54) is 33.1 Å². The molecule has 0 aromatic rings. The van der Waals surface area contributed by atoms with E-state index in [9.17, 15) is 92.5 Å². The van der Waals surface area contributed by atoms with Gasteiger partial charge in [0.1, 0.15) is 36.3 Å². The van der Waals surface area contributed by atoms with Crippen molar-refractivity contribution in [3.63, 3.8) is 0 Å². The fourth-order valence-electron chi connectivity index (χ4n) is 11.8. The number of rotatable bonds is 58. The van der Waals surface area contributed by atoms with Gasteiger partial charge in [-0.1, -0.05) is 172 Å². The van der Waals surface area contributed by atoms with Gasteiger partial charge in [0.2, 0.25) is 0 Å². The largest absolute Gasteiger partial charge is 0.513 e. The number of hydrogen-bond donors (Lipinski definition) is 9. The predicted octanol–water partition coefficient (Wildman–Crippen LogP) is 12.4. The molecule has 0 fully saturated rings. The van der Waals surface area contributed by atoms with Crippen molar-refractivity contribution < 1.29 is 127 Å². The van der Waals surface area contributed by atoms with E-state index < -0.39 is 170 Å². The number of carbonyl (C=O) groups is 12. The Morgan fingerprint density at radius 3 is 0.990 bits per heavy atom. The van der Waals surface area contributed by atoms with Crippen LogP contribution in [0.3, 0.4) is 0 Å². The number of ketones is 2. The van der Waals surface area contributed by atoms with Gasteiger partial charge < -0.3 is 74.0 Å². The molecule has 16 atom stereocenters. The summed E-state index contributed by atoms with van der Waals surface area (Å²) in [6.45, 7) is 26.9. The monoisotopic (exact) mass is 1440 g/mol. The fraction of sp³-hybridized carbons (Fsp3) is 0.808. The highest BCUT2D eigenvalue weighted by Crippen LogP contribution is 2.32. The van der Waals surface area contributed by atoms with Crippen LogP contribution < -0.4 is 0 Å². The van der Waals surface area contributed by atoms with E-state index in [1.54, 1.807) is 6.92 Å². The maximum absolute atomic E-state index is 13.2. The van der Waals surface area contributed by atoms with Crippen LogP contribution in [0.5, 0.6) is 0 Å². The summed E-state index contributed by atoms with van der Waals surface area (Å²) in [5.74, 6) is -16.9. The molecule has 0 aromatic carbocycles. The van der Waals surface area contributed by atoms with Crippen LogP contribution in [0.4, 0.5) is 4.32 Å². The summed E-state index contributed by atoms with van der Waals surface area (Å²) in [4.78, 5) is 144. The molecule has 0 bridgehead atoms. The van der Waals surface area contributed by atoms with Crippen molar-refractivity contribution in [2.24, 2.45) is 65.1 Å². The number of allylic oxidation sites excluding steroid dienone is 1. The molecule has 579 valence electrons. The molecule has 0 aliphatic rings. The second-order valence-electron chi connectivity index (χ2n) is 28.4. The summed E-state index contributed by atoms with van der Waals surface area (Å²) in [6.07, 6.45) is 5.95. The quantitative estimate of drug-likeness (QED) is 0.00898. The molecular formula is C73H124B2FO25. The smallest absolute Gasteiger partial charge is 0.307 e. The Labute approximate surface area is 600 Å². The van der Waals surface area contributed by atoms with Crippen LogP contribution in [0.25, 0.3) is 0 Å². The molecule has 0 aliphatic carbocycles. The molecular weight excluding hydrogens is 1320 g/mol. The Balaban J connectivity index is -0.00000183. The van der Waals surface area contributed by atoms with Gasteiger partial charge in [0.05, 0.1) is 82.3 Å². The van der Waals surface area contributed by atoms with Crippen molar-refractivity contribution >= 4 is 86.4 Å². The Bertz CT molecular complexity index is 2460. The number of carboxylic acid groups (broad SMARTS) is 6. The molecule has 0 saturated heterocycles. The summed E-state index contributed by atoms with van der Waals surface area (Å²) in [5.41, 5.74) is 0. The number of carbonyl (C=O) groups excluding carboxylic acids is 6. The number of ether oxygens (including phenoxy) is 4. The van der Waals surface area contributed by atoms with Crippen LogP contribution in [0, 0.1) is 65.1 Å². The third-order valence-electron chi connectivity index (χ3n) is 18.2. The number of hydrogen-bond acceptors (Lipinski definition) is 19. The van der Waals surface area contributed by atoms with Gasteiger partial charge in [0.15, 0.2) is 5.78 Å². The van der Waals surface area contributed by atoms with Gasteiger partial charge in [0.25, 0.3) is 7.45 Å². The maximum Gasteiger partial charge on any atom is 0.307 e. The third-order valence-corrected chi connectivity index (χ3v) is 18.2. The predicted molar refractivity (Wildman–Crippen MR) is 377 cm³/mol. The SMILES string of the molecule is C=C(O)[C@H](CC(C)=O)CC(=O)O[C@H]([C@H](C)CCCC)[C@H](C[C@@H](C)CCCCCC[C@@H](C)C[C@H](C)C(C)C)OC(=O)C[C@@H](CC(=O)O)C(=O)O.CCCC[C@@H](C)[C@@H](OC(=O)C[C@@H](CC(=O)O)C(=O)O)[C@H](C[C@@H](C)CCCCCC[C@@H](O)C[C@H](O)C(C)=O)OC(=O)C[C@@H](CC(=O)O)C(=O)O.[B][B]F. The molecule has 0 spiro atoms. The van der Waals surface area contributed by atoms with Crippen molar-refractivity contribution in [3.05, 3.63) is 12.3 Å². The van der Waals surface area contributed by atoms with Gasteiger partial charge in [-0.2, -0.15) is 0 Å². The van der Waals surface area contributed by atoms with Crippen molar-refractivity contribution in [2.45, 2.75) is 312 Å². The Morgan fingerprint density at radius 2 is 0.713 bits per heavy atom. The lowest BCUT2D eigenvalue weighted by Crippen LogP contribution is -2.42. The maximum atomic E-state index is 13.2. The average molecular weight is 1440 g/mol. The average Bonchev–Trinajstić information content (AvgIpc) is 0.856. The zero-order valence-electron chi connectivity index (χ0n) is 62.3. The van der Waals surface area contributed by atoms with Crippen LogP contribution >= 0.6 is 0 Å². The normalized spacial score (nSPS) is 16.0. The molecule has 0 unspecified atom stereocenters. The first-order valence-electron chi connectivity index (χ1n) is 36.1. The van der Waals surface area contributed by atoms with Crippen LogP contribution in [0.2, 0.25) is 0 Å². The fourth-order valence-corrected chi connectivity index (χ4v) is 11.8. The molecule has 0 aliphatic heterocycles. The van der Waals surface area contributed by atoms with E-state index in [4.69, 9.17) is 34.3 Å². The molecule has 9 N–H and O–H groups in total. The number of esters is 4. The van der Waals surface area contributed by atoms with Gasteiger partial charge >= 0.3 is 59.7 Å². The summed E-state index contributed by atoms with van der Waals surface area (Å²) in [6, 6.07) is 0. The van der Waals surface area contributed by atoms with Crippen molar-refractivity contribution in [1.82, 2.24) is 0 Å². The van der Waals surface area contributed by atoms with E-state index in [2.05, 4.69) is 48.9 Å². The number of halogens is 1. The number of aliphatic hydroxyl groups is 3. The molecule has 0 amide bonds. The van der Waals surface area contributed by atoms with Gasteiger partial charge in [-0.3, -0.25) is 52.7 Å². The van der Waals surface area contributed by atoms with Gasteiger partial charge in [-0.25, -0.2) is 0 Å². The third kappa shape index (κ3) is 51.4. The Kier molecular flexibility index (Phi) is 55.7. The van der Waals surface area contributed by atoms with E-state index in [0.29, 0.717) is 62.7 Å². The lowest BCUT2D eigenvalue weighted by molar-refractivity contribution is -0.177. The van der Waals surface area contributed by atoms with Crippen LogP contribution in [0.15, 0.2) is 12.3 Å². The van der Waals surface area contributed by atoms with Crippen molar-refractivity contribution in [3.8, 4) is 0 Å². The number of Topliss-reactive ketones (excluding diaryl/α,β-unsaturated/α-hetero) is 2. The molecule has 25 nitrogen and oxygen atoms in total. The highest BCUT2D eigenvalue weighted by Gasteiger charge is 2.39. The molecule has 0 aromatic heterocycles. The Hall–Kier alpha value is -6.44. The summed E-state index contributed by atoms with van der Waals surface area (Å²) in [5, 5.41) is 85.3. The first kappa shape index (κ1) is 98.7. The zero-order valence-corrected chi connectivity index (χ0v) is 62.3. The first-order chi connectivity index (χ1) is 47.2. The second-order valence-corrected chi connectivity index (χ2v) is 28.4. The molecule has 101 heavy (non-hydrogen) atoms. The number of aliphatic carboxylic acids is 6. The van der Waals surface area contributed by atoms with Crippen LogP contribution in [0.1, 0.15) is 276 Å². The number of unbranched alkanes of at least 4 members (excludes halogenated alkanes) is 8. The number of carboxylic acids is 6. The highest BCUT2D eigenvalue weighted by molar-refractivity contribution is 6.85. The summed E-state index contributed by atoms with van der Waals surface area (Å²) < 4.78 is 33.3. The minimum absolute atomic E-state index is 0. The summed E-state index contributed by atoms with van der Waals surface area (Å²) in [7, 11) is 4.06. The van der Waals surface area contributed by atoms with E-state index in [-0.39, 0.29) is 62.4 Å². The van der Waals surface area contributed by atoms with Gasteiger partial charge in [-0.05, 0) is 93.8 Å². The lowest BCUT2D eigenvalue weighted by atomic mass is 9.76. The molecule has 0 heterocycles. The van der Waals surface area contributed by atoms with Crippen LogP contribution in [-0.4, -0.2) is 169 Å². The highest BCUT2D eigenvalue weighted by atomic mass is 19.1. The minimum atomic E-state index is -1.56. The van der Waals surface area contributed by atoms with E-state index in [1.807, 2.05) is 27.7 Å². The molecule has 28 heteroatoms. The van der Waals surface area contributed by atoms with E-state index in [0.717, 1.165) is 64.2 Å². The zero-order chi connectivity index (χ0) is 78.1. The molecule has 0 rings (SSSR count). The lowest BCUT2D eigenvalue weighted by Gasteiger charge is -2.33.